The fourth-order valence-corrected chi connectivity index (χ4v) is 3.70. The number of hydrogen-bond donors (Lipinski definition) is 1. The van der Waals surface area contributed by atoms with E-state index < -0.39 is 26.6 Å². The lowest BCUT2D eigenvalue weighted by molar-refractivity contribution is 0.282. The van der Waals surface area contributed by atoms with Crippen molar-refractivity contribution in [2.75, 3.05) is 19.6 Å². The molecule has 0 aromatic heterocycles. The van der Waals surface area contributed by atoms with Crippen molar-refractivity contribution in [1.82, 2.24) is 9.62 Å². The molecule has 0 bridgehead atoms. The van der Waals surface area contributed by atoms with Gasteiger partial charge in [0.25, 0.3) is 0 Å². The van der Waals surface area contributed by atoms with E-state index in [1.165, 1.54) is 10.4 Å². The normalized spacial score (nSPS) is 20.9. The van der Waals surface area contributed by atoms with E-state index in [1.54, 1.807) is 6.92 Å². The second-order valence-corrected chi connectivity index (χ2v) is 6.08. The van der Waals surface area contributed by atoms with Crippen LogP contribution in [0.5, 0.6) is 0 Å². The van der Waals surface area contributed by atoms with Crippen LogP contribution in [0.25, 0.3) is 0 Å². The third-order valence-electron chi connectivity index (χ3n) is 2.94. The van der Waals surface area contributed by atoms with Crippen molar-refractivity contribution in [2.45, 2.75) is 17.9 Å². The molecule has 1 heterocycles. The molecule has 1 aliphatic rings. The zero-order chi connectivity index (χ0) is 13.3. The minimum absolute atomic E-state index is 0. The van der Waals surface area contributed by atoms with E-state index in [0.717, 1.165) is 12.1 Å². The Morgan fingerprint density at radius 3 is 2.68 bits per heavy atom. The minimum Gasteiger partial charge on any atom is -0.314 e. The Kier molecular flexibility index (Phi) is 5.26. The van der Waals surface area contributed by atoms with E-state index in [4.69, 9.17) is 0 Å². The molecule has 2 rings (SSSR count). The van der Waals surface area contributed by atoms with Crippen molar-refractivity contribution in [3.05, 3.63) is 29.8 Å². The fourth-order valence-electron chi connectivity index (χ4n) is 1.99. The number of piperazine rings is 1. The van der Waals surface area contributed by atoms with Gasteiger partial charge in [0.1, 0.15) is 4.90 Å². The summed E-state index contributed by atoms with van der Waals surface area (Å²) in [4.78, 5) is -0.601. The van der Waals surface area contributed by atoms with E-state index in [1.807, 2.05) is 0 Å². The first kappa shape index (κ1) is 16.3. The Hall–Kier alpha value is -0.760. The van der Waals surface area contributed by atoms with Crippen molar-refractivity contribution in [3.8, 4) is 0 Å². The first-order chi connectivity index (χ1) is 8.44. The molecule has 1 atom stereocenters. The van der Waals surface area contributed by atoms with Crippen LogP contribution in [0.1, 0.15) is 6.92 Å². The third-order valence-corrected chi connectivity index (χ3v) is 4.97. The van der Waals surface area contributed by atoms with Crippen molar-refractivity contribution >= 4 is 22.4 Å². The lowest BCUT2D eigenvalue weighted by Gasteiger charge is -2.32. The highest BCUT2D eigenvalue weighted by molar-refractivity contribution is 7.89. The maximum absolute atomic E-state index is 13.6. The van der Waals surface area contributed by atoms with Gasteiger partial charge < -0.3 is 5.32 Å². The van der Waals surface area contributed by atoms with Gasteiger partial charge in [-0.3, -0.25) is 0 Å². The van der Waals surface area contributed by atoms with Crippen LogP contribution >= 0.6 is 12.4 Å². The van der Waals surface area contributed by atoms with Crippen molar-refractivity contribution < 1.29 is 17.2 Å². The highest BCUT2D eigenvalue weighted by Gasteiger charge is 2.33. The van der Waals surface area contributed by atoms with Crippen LogP contribution in [-0.2, 0) is 10.0 Å². The van der Waals surface area contributed by atoms with E-state index in [0.29, 0.717) is 13.1 Å². The monoisotopic (exact) mass is 312 g/mol. The SMILES string of the molecule is CC1CNCCN1S(=O)(=O)c1cccc(F)c1F.Cl. The van der Waals surface area contributed by atoms with Crippen LogP contribution in [0.4, 0.5) is 8.78 Å². The molecular weight excluding hydrogens is 298 g/mol. The van der Waals surface area contributed by atoms with Gasteiger partial charge in [-0.1, -0.05) is 6.07 Å². The molecule has 0 spiro atoms. The number of halogens is 3. The summed E-state index contributed by atoms with van der Waals surface area (Å²) in [5.74, 6) is -2.47. The smallest absolute Gasteiger partial charge is 0.246 e. The Morgan fingerprint density at radius 1 is 1.37 bits per heavy atom. The van der Waals surface area contributed by atoms with Crippen LogP contribution in [0, 0.1) is 11.6 Å². The van der Waals surface area contributed by atoms with Crippen LogP contribution in [-0.4, -0.2) is 38.4 Å². The van der Waals surface area contributed by atoms with Gasteiger partial charge in [-0.15, -0.1) is 12.4 Å². The number of hydrogen-bond acceptors (Lipinski definition) is 3. The predicted molar refractivity (Wildman–Crippen MR) is 69.8 cm³/mol. The van der Waals surface area contributed by atoms with Gasteiger partial charge in [-0.2, -0.15) is 4.31 Å². The van der Waals surface area contributed by atoms with E-state index in [9.17, 15) is 17.2 Å². The van der Waals surface area contributed by atoms with Crippen LogP contribution in [0.15, 0.2) is 23.1 Å². The van der Waals surface area contributed by atoms with Crippen molar-refractivity contribution in [2.24, 2.45) is 0 Å². The molecule has 108 valence electrons. The largest absolute Gasteiger partial charge is 0.314 e. The van der Waals surface area contributed by atoms with Crippen LogP contribution in [0.2, 0.25) is 0 Å². The summed E-state index contributed by atoms with van der Waals surface area (Å²) in [7, 11) is -3.99. The molecule has 0 aliphatic carbocycles. The topological polar surface area (TPSA) is 49.4 Å². The van der Waals surface area contributed by atoms with Gasteiger partial charge in [0, 0.05) is 25.7 Å². The zero-order valence-corrected chi connectivity index (χ0v) is 11.9. The minimum atomic E-state index is -3.99. The molecule has 1 aromatic carbocycles. The van der Waals surface area contributed by atoms with Gasteiger partial charge in [0.15, 0.2) is 11.6 Å². The maximum atomic E-state index is 13.6. The van der Waals surface area contributed by atoms with Crippen LogP contribution < -0.4 is 5.32 Å². The van der Waals surface area contributed by atoms with Crippen molar-refractivity contribution in [1.29, 1.82) is 0 Å². The molecule has 19 heavy (non-hydrogen) atoms. The van der Waals surface area contributed by atoms with Gasteiger partial charge in [-0.05, 0) is 19.1 Å². The predicted octanol–water partition coefficient (Wildman–Crippen LogP) is 1.37. The summed E-state index contributed by atoms with van der Waals surface area (Å²) in [6, 6.07) is 2.89. The molecule has 4 nitrogen and oxygen atoms in total. The second kappa shape index (κ2) is 6.13. The molecule has 0 amide bonds. The lowest BCUT2D eigenvalue weighted by Crippen LogP contribution is -2.52. The Labute approximate surface area is 117 Å². The highest BCUT2D eigenvalue weighted by Crippen LogP contribution is 2.23. The van der Waals surface area contributed by atoms with E-state index in [2.05, 4.69) is 5.32 Å². The van der Waals surface area contributed by atoms with Gasteiger partial charge in [0.2, 0.25) is 10.0 Å². The number of sulfonamides is 1. The lowest BCUT2D eigenvalue weighted by atomic mass is 10.3. The Bertz CT molecular complexity index is 554. The molecule has 1 fully saturated rings. The van der Waals surface area contributed by atoms with Gasteiger partial charge in [-0.25, -0.2) is 17.2 Å². The van der Waals surface area contributed by atoms with E-state index >= 15 is 0 Å². The average molecular weight is 313 g/mol. The summed E-state index contributed by atoms with van der Waals surface area (Å²) < 4.78 is 52.4. The molecule has 0 radical (unpaired) electrons. The van der Waals surface area contributed by atoms with Gasteiger partial charge >= 0.3 is 0 Å². The third kappa shape index (κ3) is 3.05. The molecule has 1 aliphatic heterocycles. The number of benzene rings is 1. The molecule has 0 saturated carbocycles. The number of nitrogens with zero attached hydrogens (tertiary/aromatic N) is 1. The maximum Gasteiger partial charge on any atom is 0.246 e. The standard InChI is InChI=1S/C11H14F2N2O2S.ClH/c1-8-7-14-5-6-15(8)18(16,17)10-4-2-3-9(12)11(10)13;/h2-4,8,14H,5-7H2,1H3;1H. The van der Waals surface area contributed by atoms with E-state index in [-0.39, 0.29) is 25.0 Å². The molecule has 1 N–H and O–H groups in total. The summed E-state index contributed by atoms with van der Waals surface area (Å²) in [5, 5.41) is 3.04. The Morgan fingerprint density at radius 2 is 2.05 bits per heavy atom. The fraction of sp³-hybridized carbons (Fsp3) is 0.455. The summed E-state index contributed by atoms with van der Waals surface area (Å²) in [5.41, 5.74) is 0. The average Bonchev–Trinajstić information content (AvgIpc) is 2.32. The second-order valence-electron chi connectivity index (χ2n) is 4.22. The molecule has 1 unspecified atom stereocenters. The zero-order valence-electron chi connectivity index (χ0n) is 10.3. The highest BCUT2D eigenvalue weighted by atomic mass is 35.5. The summed E-state index contributed by atoms with van der Waals surface area (Å²) >= 11 is 0. The quantitative estimate of drug-likeness (QED) is 0.897. The molecule has 1 saturated heterocycles. The summed E-state index contributed by atoms with van der Waals surface area (Å²) in [6.45, 7) is 2.97. The molecular formula is C11H15ClF2N2O2S. The molecule has 1 aromatic rings. The molecule has 8 heteroatoms. The Balaban J connectivity index is 0.00000180. The van der Waals surface area contributed by atoms with Crippen molar-refractivity contribution in [3.63, 3.8) is 0 Å². The number of rotatable bonds is 2. The first-order valence-electron chi connectivity index (χ1n) is 5.61. The number of nitrogens with one attached hydrogen (secondary N) is 1. The van der Waals surface area contributed by atoms with Crippen LogP contribution in [0.3, 0.4) is 0 Å². The first-order valence-corrected chi connectivity index (χ1v) is 7.05. The van der Waals surface area contributed by atoms with Gasteiger partial charge in [0.05, 0.1) is 0 Å². The summed E-state index contributed by atoms with van der Waals surface area (Å²) in [6.07, 6.45) is 0.